The first kappa shape index (κ1) is 47.7. The zero-order valence-electron chi connectivity index (χ0n) is 35.1. The van der Waals surface area contributed by atoms with Crippen molar-refractivity contribution in [3.63, 3.8) is 0 Å². The van der Waals surface area contributed by atoms with Crippen molar-refractivity contribution in [1.29, 1.82) is 0 Å². The molecule has 1 N–H and O–H groups in total. The number of aromatic nitrogens is 3. The number of nitrogens with zero attached hydrogens (tertiary/aromatic N) is 6. The van der Waals surface area contributed by atoms with E-state index in [0.29, 0.717) is 35.8 Å². The summed E-state index contributed by atoms with van der Waals surface area (Å²) in [5.74, 6) is 1.30. The van der Waals surface area contributed by atoms with Crippen molar-refractivity contribution in [3.8, 4) is 5.75 Å². The van der Waals surface area contributed by atoms with E-state index in [-0.39, 0.29) is 11.4 Å². The van der Waals surface area contributed by atoms with Gasteiger partial charge in [0.25, 0.3) is 5.56 Å². The third-order valence-electron chi connectivity index (χ3n) is 8.47. The maximum Gasteiger partial charge on any atom is 0.412 e. The number of benzene rings is 4. The molecule has 0 fully saturated rings. The van der Waals surface area contributed by atoms with E-state index in [1.807, 2.05) is 68.3 Å². The first-order valence-electron chi connectivity index (χ1n) is 19.0. The summed E-state index contributed by atoms with van der Waals surface area (Å²) in [6.45, 7) is 17.2. The van der Waals surface area contributed by atoms with Gasteiger partial charge in [-0.3, -0.25) is 4.79 Å². The van der Waals surface area contributed by atoms with Gasteiger partial charge in [0.2, 0.25) is 5.69 Å². The zero-order valence-corrected chi connectivity index (χ0v) is 37.7. The molecule has 0 aliphatic rings. The fourth-order valence-corrected chi connectivity index (χ4v) is 9.41. The third kappa shape index (κ3) is 15.2. The highest BCUT2D eigenvalue weighted by molar-refractivity contribution is 8.67. The molecule has 0 radical (unpaired) electrons. The molecule has 0 bridgehead atoms. The second-order valence-corrected chi connectivity index (χ2v) is 19.5. The number of fused-ring (bicyclic) bond motifs is 1. The summed E-state index contributed by atoms with van der Waals surface area (Å²) in [5.41, 5.74) is 5.84. The van der Waals surface area contributed by atoms with Gasteiger partial charge in [-0.15, -0.1) is 5.10 Å². The van der Waals surface area contributed by atoms with Gasteiger partial charge in [0.1, 0.15) is 17.1 Å². The molecule has 1 heterocycles. The summed E-state index contributed by atoms with van der Waals surface area (Å²) < 4.78 is 17.5. The van der Waals surface area contributed by atoms with E-state index in [4.69, 9.17) is 25.6 Å². The van der Waals surface area contributed by atoms with Crippen LogP contribution in [0.3, 0.4) is 0 Å². The molecule has 5 aromatic rings. The molecule has 1 amide bonds. The van der Waals surface area contributed by atoms with Gasteiger partial charge in [0.05, 0.1) is 42.7 Å². The molecule has 0 saturated carbocycles. The van der Waals surface area contributed by atoms with Gasteiger partial charge >= 0.3 is 6.09 Å². The molecule has 0 aliphatic heterocycles. The predicted molar refractivity (Wildman–Crippen MR) is 245 cm³/mol. The van der Waals surface area contributed by atoms with Crippen LogP contribution in [0.15, 0.2) is 99.7 Å². The highest BCUT2D eigenvalue weighted by Crippen LogP contribution is 2.61. The number of hydrogen-bond acceptors (Lipinski definition) is 11. The Labute approximate surface area is 352 Å². The average Bonchev–Trinajstić information content (AvgIpc) is 3.20. The molecule has 1 atom stereocenters. The van der Waals surface area contributed by atoms with Crippen LogP contribution >= 0.6 is 17.1 Å². The highest BCUT2D eigenvalue weighted by atomic mass is 32.9. The minimum Gasteiger partial charge on any atom is -0.410 e. The molecule has 1 unspecified atom stereocenters. The van der Waals surface area contributed by atoms with Crippen molar-refractivity contribution >= 4 is 69.9 Å². The minimum absolute atomic E-state index is 0.192. The van der Waals surface area contributed by atoms with Gasteiger partial charge in [-0.2, -0.15) is 4.68 Å². The van der Waals surface area contributed by atoms with E-state index in [1.165, 1.54) is 38.3 Å². The Kier molecular flexibility index (Phi) is 19.9. The first-order chi connectivity index (χ1) is 27.7. The molecule has 0 spiro atoms. The summed E-state index contributed by atoms with van der Waals surface area (Å²) in [5, 5.41) is 10.9. The Morgan fingerprint density at radius 3 is 1.98 bits per heavy atom. The number of aryl methyl sites for hydroxylation is 4. The molecular formula is C43H56N7O5PS2. The minimum atomic E-state index is -2.44. The summed E-state index contributed by atoms with van der Waals surface area (Å²) in [7, 11) is 3.48. The van der Waals surface area contributed by atoms with Gasteiger partial charge in [-0.25, -0.2) is 14.8 Å². The van der Waals surface area contributed by atoms with Crippen molar-refractivity contribution in [3.05, 3.63) is 123 Å². The van der Waals surface area contributed by atoms with Crippen LogP contribution in [0.2, 0.25) is 0 Å². The van der Waals surface area contributed by atoms with Crippen LogP contribution in [-0.4, -0.2) is 66.0 Å². The number of carbonyl (C=O) groups is 1. The SMILES string of the molecule is CCC(C)c1ccccc1OC(=O)NC.CCOP(=S)(OCC)SCn1nnc2ccccc2c1=O.Cc1ccc(/N=C/N(C)/C=N/c2ccc(C)cc2C)c(C)c1. The van der Waals surface area contributed by atoms with Crippen LogP contribution in [0.25, 0.3) is 10.9 Å². The van der Waals surface area contributed by atoms with Gasteiger partial charge in [0.15, 0.2) is 0 Å². The standard InChI is InChI=1S/C19H23N3.C12H16N3O3PS2.C12H17NO2/c1-14-6-8-18(16(3)10-14)20-12-22(5)13-21-19-9-7-15(2)11-17(19)4;1-3-17-19(20,18-4-2)21-9-15-12(16)10-7-5-6-8-11(10)13-14-15;1-4-9(2)10-7-5-6-8-11(10)15-12(14)13-3/h6-13H,1-5H3;5-8H,3-4,9H2,1-2H3;5-9H,4H2,1-3H3,(H,13,14)/b20-12+,21-13+;;. The van der Waals surface area contributed by atoms with Gasteiger partial charge in [-0.1, -0.05) is 84.8 Å². The molecule has 12 nitrogen and oxygen atoms in total. The predicted octanol–water partition coefficient (Wildman–Crippen LogP) is 10.6. The molecule has 0 saturated heterocycles. The Bertz CT molecular complexity index is 2200. The lowest BCUT2D eigenvalue weighted by molar-refractivity contribution is 0.202. The molecule has 5 rings (SSSR count). The van der Waals surface area contributed by atoms with Crippen molar-refractivity contribution in [2.45, 2.75) is 73.6 Å². The Balaban J connectivity index is 0.000000237. The van der Waals surface area contributed by atoms with Crippen molar-refractivity contribution < 1.29 is 18.6 Å². The van der Waals surface area contributed by atoms with E-state index in [9.17, 15) is 9.59 Å². The number of para-hydroxylation sites is 1. The van der Waals surface area contributed by atoms with Crippen LogP contribution in [0, 0.1) is 27.7 Å². The number of ether oxygens (including phenoxy) is 1. The average molecular weight is 846 g/mol. The maximum absolute atomic E-state index is 12.3. The molecule has 0 aliphatic carbocycles. The fraction of sp³-hybridized carbons (Fsp3) is 0.349. The van der Waals surface area contributed by atoms with Crippen LogP contribution in [-0.2, 0) is 26.7 Å². The molecule has 4 aromatic carbocycles. The van der Waals surface area contributed by atoms with E-state index >= 15 is 0 Å². The van der Waals surface area contributed by atoms with E-state index in [2.05, 4.69) is 91.4 Å². The van der Waals surface area contributed by atoms with Crippen LogP contribution in [0.1, 0.15) is 67.9 Å². The smallest absolute Gasteiger partial charge is 0.410 e. The second kappa shape index (κ2) is 24.3. The number of rotatable bonds is 14. The maximum atomic E-state index is 12.3. The van der Waals surface area contributed by atoms with Gasteiger partial charge in [0, 0.05) is 14.1 Å². The lowest BCUT2D eigenvalue weighted by Crippen LogP contribution is -2.23. The molecule has 1 aromatic heterocycles. The lowest BCUT2D eigenvalue weighted by atomic mass is 9.98. The highest BCUT2D eigenvalue weighted by Gasteiger charge is 2.20. The number of aliphatic imine (C=N–C) groups is 2. The second-order valence-electron chi connectivity index (χ2n) is 13.2. The number of amides is 1. The molecule has 58 heavy (non-hydrogen) atoms. The monoisotopic (exact) mass is 845 g/mol. The van der Waals surface area contributed by atoms with E-state index < -0.39 is 11.8 Å². The zero-order chi connectivity index (χ0) is 42.7. The van der Waals surface area contributed by atoms with E-state index in [0.717, 1.165) is 23.4 Å². The largest absolute Gasteiger partial charge is 0.412 e. The van der Waals surface area contributed by atoms with Crippen molar-refractivity contribution in [2.24, 2.45) is 9.98 Å². The van der Waals surface area contributed by atoms with Crippen LogP contribution < -0.4 is 15.6 Å². The quantitative estimate of drug-likeness (QED) is 0.0654. The number of nitrogens with one attached hydrogen (secondary N) is 1. The van der Waals surface area contributed by atoms with Gasteiger partial charge in [-0.05, 0) is 124 Å². The van der Waals surface area contributed by atoms with E-state index in [1.54, 1.807) is 37.9 Å². The van der Waals surface area contributed by atoms with Crippen molar-refractivity contribution in [2.75, 3.05) is 27.3 Å². The summed E-state index contributed by atoms with van der Waals surface area (Å²) >= 11 is 6.70. The Hall–Kier alpha value is -4.72. The molecule has 310 valence electrons. The van der Waals surface area contributed by atoms with Crippen molar-refractivity contribution in [1.82, 2.24) is 25.2 Å². The molecular weight excluding hydrogens is 790 g/mol. The fourth-order valence-electron chi connectivity index (χ4n) is 5.25. The Morgan fingerprint density at radius 1 is 0.897 bits per heavy atom. The summed E-state index contributed by atoms with van der Waals surface area (Å²) in [4.78, 5) is 34.3. The van der Waals surface area contributed by atoms with Gasteiger partial charge < -0.3 is 24.0 Å². The number of hydrogen-bond donors (Lipinski definition) is 1. The summed E-state index contributed by atoms with van der Waals surface area (Å²) in [6, 6.07) is 27.2. The van der Waals surface area contributed by atoms with Crippen LogP contribution in [0.5, 0.6) is 5.75 Å². The number of carbonyl (C=O) groups excluding carboxylic acids is 1. The summed E-state index contributed by atoms with van der Waals surface area (Å²) in [6.07, 6.45) is 4.16. The Morgan fingerprint density at radius 2 is 1.45 bits per heavy atom. The normalized spacial score (nSPS) is 11.8. The topological polar surface area (TPSA) is 133 Å². The molecule has 15 heteroatoms. The third-order valence-corrected chi connectivity index (χ3v) is 13.8. The lowest BCUT2D eigenvalue weighted by Gasteiger charge is -2.19. The first-order valence-corrected chi connectivity index (χ1v) is 23.3. The van der Waals surface area contributed by atoms with Crippen LogP contribution in [0.4, 0.5) is 16.2 Å².